The lowest BCUT2D eigenvalue weighted by molar-refractivity contribution is -0.153. The van der Waals surface area contributed by atoms with Gasteiger partial charge in [0.25, 0.3) is 0 Å². The molecule has 0 aliphatic heterocycles. The number of Topliss-reactive ketones (excluding diaryl/α,β-unsaturated/α-hetero) is 1. The van der Waals surface area contributed by atoms with E-state index >= 15 is 0 Å². The SMILES string of the molecule is CCCOC(=O)CC1CC(C(C)=O)C1(C)C. The molecule has 0 heterocycles. The van der Waals surface area contributed by atoms with E-state index in [0.717, 1.165) is 12.8 Å². The van der Waals surface area contributed by atoms with Gasteiger partial charge >= 0.3 is 5.97 Å². The fraction of sp³-hybridized carbons (Fsp3) is 0.846. The molecule has 3 heteroatoms. The zero-order chi connectivity index (χ0) is 12.3. The van der Waals surface area contributed by atoms with E-state index in [0.29, 0.717) is 18.9 Å². The van der Waals surface area contributed by atoms with E-state index in [1.807, 2.05) is 6.92 Å². The van der Waals surface area contributed by atoms with Crippen LogP contribution in [-0.4, -0.2) is 18.4 Å². The van der Waals surface area contributed by atoms with Gasteiger partial charge in [-0.3, -0.25) is 9.59 Å². The maximum absolute atomic E-state index is 11.5. The minimum absolute atomic E-state index is 0.0446. The summed E-state index contributed by atoms with van der Waals surface area (Å²) in [6.07, 6.45) is 2.15. The first-order chi connectivity index (χ1) is 7.39. The Morgan fingerprint density at radius 2 is 2.00 bits per heavy atom. The van der Waals surface area contributed by atoms with Gasteiger partial charge in [0.2, 0.25) is 0 Å². The molecule has 1 saturated carbocycles. The maximum Gasteiger partial charge on any atom is 0.306 e. The lowest BCUT2D eigenvalue weighted by Gasteiger charge is -2.50. The number of carbonyl (C=O) groups is 2. The molecule has 0 N–H and O–H groups in total. The molecule has 0 saturated heterocycles. The van der Waals surface area contributed by atoms with Gasteiger partial charge in [-0.1, -0.05) is 20.8 Å². The fourth-order valence-corrected chi connectivity index (χ4v) is 2.53. The summed E-state index contributed by atoms with van der Waals surface area (Å²) < 4.78 is 5.06. The van der Waals surface area contributed by atoms with Crippen molar-refractivity contribution in [1.82, 2.24) is 0 Å². The highest BCUT2D eigenvalue weighted by Crippen LogP contribution is 2.53. The molecule has 1 aliphatic rings. The van der Waals surface area contributed by atoms with Gasteiger partial charge in [0, 0.05) is 12.3 Å². The van der Waals surface area contributed by atoms with Gasteiger partial charge in [0.05, 0.1) is 6.61 Å². The lowest BCUT2D eigenvalue weighted by Crippen LogP contribution is -2.49. The van der Waals surface area contributed by atoms with Crippen LogP contribution in [0.4, 0.5) is 0 Å². The van der Waals surface area contributed by atoms with Crippen LogP contribution < -0.4 is 0 Å². The largest absolute Gasteiger partial charge is 0.466 e. The Labute approximate surface area is 97.5 Å². The van der Waals surface area contributed by atoms with Crippen molar-refractivity contribution in [3.8, 4) is 0 Å². The minimum Gasteiger partial charge on any atom is -0.466 e. The van der Waals surface area contributed by atoms with Crippen LogP contribution in [0.3, 0.4) is 0 Å². The number of hydrogen-bond donors (Lipinski definition) is 0. The smallest absolute Gasteiger partial charge is 0.306 e. The van der Waals surface area contributed by atoms with Crippen molar-refractivity contribution in [2.45, 2.75) is 47.0 Å². The second-order valence-electron chi connectivity index (χ2n) is 5.34. The molecule has 1 rings (SSSR count). The molecule has 2 atom stereocenters. The molecule has 1 fully saturated rings. The van der Waals surface area contributed by atoms with Crippen molar-refractivity contribution < 1.29 is 14.3 Å². The Bertz CT molecular complexity index is 281. The summed E-state index contributed by atoms with van der Waals surface area (Å²) in [4.78, 5) is 22.8. The van der Waals surface area contributed by atoms with Crippen molar-refractivity contribution in [3.63, 3.8) is 0 Å². The van der Waals surface area contributed by atoms with Crippen LogP contribution in [-0.2, 0) is 14.3 Å². The number of hydrogen-bond acceptors (Lipinski definition) is 3. The molecule has 0 radical (unpaired) electrons. The van der Waals surface area contributed by atoms with Crippen LogP contribution in [0.5, 0.6) is 0 Å². The number of esters is 1. The van der Waals surface area contributed by atoms with E-state index in [4.69, 9.17) is 4.74 Å². The van der Waals surface area contributed by atoms with Crippen molar-refractivity contribution in [2.75, 3.05) is 6.61 Å². The molecule has 0 spiro atoms. The van der Waals surface area contributed by atoms with Gasteiger partial charge in [-0.2, -0.15) is 0 Å². The van der Waals surface area contributed by atoms with Gasteiger partial charge in [-0.15, -0.1) is 0 Å². The fourth-order valence-electron chi connectivity index (χ4n) is 2.53. The second kappa shape index (κ2) is 4.98. The molecule has 0 amide bonds. The monoisotopic (exact) mass is 226 g/mol. The molecule has 0 aromatic heterocycles. The summed E-state index contributed by atoms with van der Waals surface area (Å²) >= 11 is 0. The molecular formula is C13H22O3. The van der Waals surface area contributed by atoms with E-state index in [9.17, 15) is 9.59 Å². The van der Waals surface area contributed by atoms with Gasteiger partial charge < -0.3 is 4.74 Å². The van der Waals surface area contributed by atoms with Gasteiger partial charge in [0.15, 0.2) is 0 Å². The molecule has 0 bridgehead atoms. The van der Waals surface area contributed by atoms with Crippen LogP contribution in [0.1, 0.15) is 47.0 Å². The maximum atomic E-state index is 11.5. The topological polar surface area (TPSA) is 43.4 Å². The first-order valence-corrected chi connectivity index (χ1v) is 6.05. The summed E-state index contributed by atoms with van der Waals surface area (Å²) in [7, 11) is 0. The highest BCUT2D eigenvalue weighted by Gasteiger charge is 2.50. The molecule has 0 aromatic carbocycles. The summed E-state index contributed by atoms with van der Waals surface area (Å²) in [6, 6.07) is 0. The summed E-state index contributed by atoms with van der Waals surface area (Å²) in [5, 5.41) is 0. The number of ether oxygens (including phenoxy) is 1. The third kappa shape index (κ3) is 2.63. The first kappa shape index (κ1) is 13.2. The van der Waals surface area contributed by atoms with E-state index in [-0.39, 0.29) is 23.1 Å². The van der Waals surface area contributed by atoms with Gasteiger partial charge in [0.1, 0.15) is 5.78 Å². The van der Waals surface area contributed by atoms with Gasteiger partial charge in [-0.05, 0) is 31.1 Å². The molecule has 3 nitrogen and oxygen atoms in total. The zero-order valence-electron chi connectivity index (χ0n) is 10.7. The van der Waals surface area contributed by atoms with Crippen LogP contribution in [0.25, 0.3) is 0 Å². The second-order valence-corrected chi connectivity index (χ2v) is 5.34. The van der Waals surface area contributed by atoms with E-state index in [2.05, 4.69) is 13.8 Å². The quantitative estimate of drug-likeness (QED) is 0.677. The molecule has 92 valence electrons. The Balaban J connectivity index is 2.41. The molecule has 0 aromatic rings. The first-order valence-electron chi connectivity index (χ1n) is 6.05. The van der Waals surface area contributed by atoms with E-state index < -0.39 is 0 Å². The normalized spacial score (nSPS) is 27.0. The van der Waals surface area contributed by atoms with Crippen LogP contribution in [0.15, 0.2) is 0 Å². The van der Waals surface area contributed by atoms with E-state index in [1.165, 1.54) is 0 Å². The Hall–Kier alpha value is -0.860. The number of carbonyl (C=O) groups excluding carboxylic acids is 2. The minimum atomic E-state index is -0.123. The lowest BCUT2D eigenvalue weighted by atomic mass is 9.53. The number of ketones is 1. The average molecular weight is 226 g/mol. The molecule has 16 heavy (non-hydrogen) atoms. The Kier molecular flexibility index (Phi) is 4.11. The Morgan fingerprint density at radius 1 is 1.38 bits per heavy atom. The van der Waals surface area contributed by atoms with Crippen molar-refractivity contribution in [3.05, 3.63) is 0 Å². The predicted octanol–water partition coefficient (Wildman–Crippen LogP) is 2.58. The van der Waals surface area contributed by atoms with Crippen LogP contribution >= 0.6 is 0 Å². The average Bonchev–Trinajstić information content (AvgIpc) is 2.20. The molecular weight excluding hydrogens is 204 g/mol. The summed E-state index contributed by atoms with van der Waals surface area (Å²) in [5.41, 5.74) is -0.0446. The van der Waals surface area contributed by atoms with E-state index in [1.54, 1.807) is 6.92 Å². The number of rotatable bonds is 5. The predicted molar refractivity (Wildman–Crippen MR) is 61.9 cm³/mol. The Morgan fingerprint density at radius 3 is 2.44 bits per heavy atom. The van der Waals surface area contributed by atoms with Crippen molar-refractivity contribution in [2.24, 2.45) is 17.3 Å². The highest BCUT2D eigenvalue weighted by atomic mass is 16.5. The summed E-state index contributed by atoms with van der Waals surface area (Å²) in [5.74, 6) is 0.535. The third-order valence-electron chi connectivity index (χ3n) is 3.84. The van der Waals surface area contributed by atoms with Gasteiger partial charge in [-0.25, -0.2) is 0 Å². The summed E-state index contributed by atoms with van der Waals surface area (Å²) in [6.45, 7) is 8.26. The van der Waals surface area contributed by atoms with Crippen molar-refractivity contribution >= 4 is 11.8 Å². The third-order valence-corrected chi connectivity index (χ3v) is 3.84. The highest BCUT2D eigenvalue weighted by molar-refractivity contribution is 5.81. The van der Waals surface area contributed by atoms with Crippen LogP contribution in [0.2, 0.25) is 0 Å². The van der Waals surface area contributed by atoms with Crippen LogP contribution in [0, 0.1) is 17.3 Å². The molecule has 2 unspecified atom stereocenters. The zero-order valence-corrected chi connectivity index (χ0v) is 10.7. The standard InChI is InChI=1S/C13H22O3/c1-5-6-16-12(15)8-10-7-11(9(2)14)13(10,3)4/h10-11H,5-8H2,1-4H3. The molecule has 1 aliphatic carbocycles. The van der Waals surface area contributed by atoms with Crippen molar-refractivity contribution in [1.29, 1.82) is 0 Å².